The summed E-state index contributed by atoms with van der Waals surface area (Å²) in [5.74, 6) is 2.01. The van der Waals surface area contributed by atoms with Crippen LogP contribution in [0.15, 0.2) is 47.4 Å². The van der Waals surface area contributed by atoms with Gasteiger partial charge in [0.2, 0.25) is 5.91 Å². The normalized spacial score (nSPS) is 17.8. The number of hydrogen-bond donors (Lipinski definition) is 2. The highest BCUT2D eigenvalue weighted by Gasteiger charge is 2.24. The Morgan fingerprint density at radius 1 is 1.03 bits per heavy atom. The van der Waals surface area contributed by atoms with Crippen molar-refractivity contribution >= 4 is 23.6 Å². The van der Waals surface area contributed by atoms with Crippen molar-refractivity contribution in [2.45, 2.75) is 50.0 Å². The van der Waals surface area contributed by atoms with Crippen LogP contribution in [-0.2, 0) is 11.2 Å². The third-order valence-corrected chi connectivity index (χ3v) is 7.18. The molecule has 1 fully saturated rings. The lowest BCUT2D eigenvalue weighted by molar-refractivity contribution is -0.118. The van der Waals surface area contributed by atoms with Crippen LogP contribution in [0.3, 0.4) is 0 Å². The van der Waals surface area contributed by atoms with Crippen LogP contribution in [-0.4, -0.2) is 44.4 Å². The summed E-state index contributed by atoms with van der Waals surface area (Å²) < 4.78 is 10.6. The summed E-state index contributed by atoms with van der Waals surface area (Å²) in [7, 11) is 3.21. The van der Waals surface area contributed by atoms with E-state index >= 15 is 0 Å². The molecule has 0 spiro atoms. The molecular formula is C26H34N2O4S. The van der Waals surface area contributed by atoms with Gasteiger partial charge in [0.1, 0.15) is 0 Å². The Kier molecular flexibility index (Phi) is 9.48. The molecule has 2 N–H and O–H groups in total. The first kappa shape index (κ1) is 25.0. The van der Waals surface area contributed by atoms with Crippen LogP contribution in [0, 0.1) is 5.92 Å². The summed E-state index contributed by atoms with van der Waals surface area (Å²) in [6.45, 7) is 2.73. The van der Waals surface area contributed by atoms with Gasteiger partial charge in [0.15, 0.2) is 11.5 Å². The van der Waals surface area contributed by atoms with Crippen molar-refractivity contribution in [1.82, 2.24) is 10.6 Å². The third kappa shape index (κ3) is 7.16. The van der Waals surface area contributed by atoms with Gasteiger partial charge in [0.05, 0.1) is 25.5 Å². The van der Waals surface area contributed by atoms with E-state index in [1.54, 1.807) is 14.2 Å². The number of benzene rings is 2. The Hall–Kier alpha value is -2.67. The van der Waals surface area contributed by atoms with Crippen LogP contribution in [0.4, 0.5) is 0 Å². The number of amides is 2. The van der Waals surface area contributed by atoms with E-state index in [1.165, 1.54) is 18.2 Å². The van der Waals surface area contributed by atoms with Crippen molar-refractivity contribution in [2.75, 3.05) is 26.5 Å². The van der Waals surface area contributed by atoms with E-state index in [2.05, 4.69) is 17.6 Å². The molecule has 1 aliphatic carbocycles. The lowest BCUT2D eigenvalue weighted by Crippen LogP contribution is -2.41. The van der Waals surface area contributed by atoms with E-state index in [0.717, 1.165) is 29.7 Å². The number of carbonyl (C=O) groups is 2. The van der Waals surface area contributed by atoms with Gasteiger partial charge in [-0.3, -0.25) is 9.59 Å². The monoisotopic (exact) mass is 470 g/mol. The van der Waals surface area contributed by atoms with Crippen molar-refractivity contribution < 1.29 is 19.1 Å². The molecular weight excluding hydrogens is 436 g/mol. The highest BCUT2D eigenvalue weighted by molar-refractivity contribution is 8.00. The van der Waals surface area contributed by atoms with Gasteiger partial charge in [-0.1, -0.05) is 38.0 Å². The van der Waals surface area contributed by atoms with Gasteiger partial charge in [0.25, 0.3) is 5.91 Å². The molecule has 0 radical (unpaired) electrons. The predicted molar refractivity (Wildman–Crippen MR) is 132 cm³/mol. The Labute approximate surface area is 200 Å². The van der Waals surface area contributed by atoms with Crippen molar-refractivity contribution in [1.29, 1.82) is 0 Å². The zero-order chi connectivity index (χ0) is 23.6. The van der Waals surface area contributed by atoms with Crippen molar-refractivity contribution in [2.24, 2.45) is 5.92 Å². The molecule has 1 aliphatic rings. The summed E-state index contributed by atoms with van der Waals surface area (Å²) in [5, 5.41) is 6.17. The van der Waals surface area contributed by atoms with E-state index in [-0.39, 0.29) is 23.6 Å². The molecule has 178 valence electrons. The Bertz CT molecular complexity index is 950. The number of thioether (sulfide) groups is 1. The number of hydrogen-bond acceptors (Lipinski definition) is 5. The maximum absolute atomic E-state index is 12.9. The van der Waals surface area contributed by atoms with E-state index in [0.29, 0.717) is 35.9 Å². The molecule has 2 aromatic rings. The predicted octanol–water partition coefficient (Wildman–Crippen LogP) is 4.46. The number of methoxy groups -OCH3 is 2. The molecule has 1 saturated carbocycles. The largest absolute Gasteiger partial charge is 0.493 e. The molecule has 7 heteroatoms. The lowest BCUT2D eigenvalue weighted by atomic mass is 9.86. The zero-order valence-corrected chi connectivity index (χ0v) is 20.5. The van der Waals surface area contributed by atoms with Crippen LogP contribution in [0.2, 0.25) is 0 Å². The van der Waals surface area contributed by atoms with Gasteiger partial charge in [-0.2, -0.15) is 0 Å². The topological polar surface area (TPSA) is 76.7 Å². The number of ether oxygens (including phenoxy) is 2. The minimum Gasteiger partial charge on any atom is -0.493 e. The second kappa shape index (κ2) is 12.5. The van der Waals surface area contributed by atoms with Gasteiger partial charge in [-0.05, 0) is 55.0 Å². The highest BCUT2D eigenvalue weighted by atomic mass is 32.2. The average molecular weight is 471 g/mol. The first-order valence-electron chi connectivity index (χ1n) is 11.5. The molecule has 0 bridgehead atoms. The average Bonchev–Trinajstić information content (AvgIpc) is 2.84. The van der Waals surface area contributed by atoms with Gasteiger partial charge < -0.3 is 20.1 Å². The summed E-state index contributed by atoms with van der Waals surface area (Å²) in [6.07, 6.45) is 5.28. The third-order valence-electron chi connectivity index (χ3n) is 6.10. The SMILES string of the molecule is COc1ccc(CCNC(=O)CSc2ccccc2C(=O)N[C@@H]2CCCC[C@H]2C)cc1OC. The highest BCUT2D eigenvalue weighted by Crippen LogP contribution is 2.28. The maximum Gasteiger partial charge on any atom is 0.252 e. The van der Waals surface area contributed by atoms with Crippen LogP contribution in [0.25, 0.3) is 0 Å². The summed E-state index contributed by atoms with van der Waals surface area (Å²) in [6, 6.07) is 13.5. The summed E-state index contributed by atoms with van der Waals surface area (Å²) in [4.78, 5) is 26.1. The van der Waals surface area contributed by atoms with E-state index < -0.39 is 0 Å². The van der Waals surface area contributed by atoms with Crippen LogP contribution >= 0.6 is 11.8 Å². The van der Waals surface area contributed by atoms with Gasteiger partial charge in [-0.25, -0.2) is 0 Å². The van der Waals surface area contributed by atoms with Crippen LogP contribution in [0.1, 0.15) is 48.5 Å². The second-order valence-electron chi connectivity index (χ2n) is 8.42. The minimum atomic E-state index is -0.0587. The second-order valence-corrected chi connectivity index (χ2v) is 9.43. The van der Waals surface area contributed by atoms with Crippen molar-refractivity contribution in [3.05, 3.63) is 53.6 Å². The fourth-order valence-corrected chi connectivity index (χ4v) is 5.01. The molecule has 2 amide bonds. The first-order chi connectivity index (χ1) is 16.0. The van der Waals surface area contributed by atoms with Crippen LogP contribution < -0.4 is 20.1 Å². The van der Waals surface area contributed by atoms with E-state index in [1.807, 2.05) is 42.5 Å². The Morgan fingerprint density at radius 3 is 2.55 bits per heavy atom. The molecule has 0 aliphatic heterocycles. The molecule has 2 atom stereocenters. The van der Waals surface area contributed by atoms with Crippen molar-refractivity contribution in [3.8, 4) is 11.5 Å². The quantitative estimate of drug-likeness (QED) is 0.501. The van der Waals surface area contributed by atoms with E-state index in [9.17, 15) is 9.59 Å². The molecule has 3 rings (SSSR count). The van der Waals surface area contributed by atoms with Gasteiger partial charge in [-0.15, -0.1) is 11.8 Å². The Morgan fingerprint density at radius 2 is 1.79 bits per heavy atom. The molecule has 0 saturated heterocycles. The fraction of sp³-hybridized carbons (Fsp3) is 0.462. The smallest absolute Gasteiger partial charge is 0.252 e. The van der Waals surface area contributed by atoms with E-state index in [4.69, 9.17) is 9.47 Å². The van der Waals surface area contributed by atoms with Crippen LogP contribution in [0.5, 0.6) is 11.5 Å². The zero-order valence-electron chi connectivity index (χ0n) is 19.7. The molecule has 0 aromatic heterocycles. The summed E-state index contributed by atoms with van der Waals surface area (Å²) >= 11 is 1.39. The molecule has 33 heavy (non-hydrogen) atoms. The first-order valence-corrected chi connectivity index (χ1v) is 12.5. The van der Waals surface area contributed by atoms with Gasteiger partial charge >= 0.3 is 0 Å². The molecule has 0 heterocycles. The lowest BCUT2D eigenvalue weighted by Gasteiger charge is -2.29. The molecule has 6 nitrogen and oxygen atoms in total. The van der Waals surface area contributed by atoms with Crippen molar-refractivity contribution in [3.63, 3.8) is 0 Å². The number of rotatable bonds is 10. The number of carbonyl (C=O) groups excluding carboxylic acids is 2. The van der Waals surface area contributed by atoms with Gasteiger partial charge in [0, 0.05) is 17.5 Å². The standard InChI is InChI=1S/C26H34N2O4S/c1-18-8-4-6-10-21(18)28-26(30)20-9-5-7-11-24(20)33-17-25(29)27-15-14-19-12-13-22(31-2)23(16-19)32-3/h5,7,9,11-13,16,18,21H,4,6,8,10,14-15,17H2,1-3H3,(H,27,29)(H,28,30)/t18-,21-/m1/s1. The molecule has 2 aromatic carbocycles. The maximum atomic E-state index is 12.9. The number of nitrogens with one attached hydrogen (secondary N) is 2. The Balaban J connectivity index is 1.49. The summed E-state index contributed by atoms with van der Waals surface area (Å²) in [5.41, 5.74) is 1.69. The fourth-order valence-electron chi connectivity index (χ4n) is 4.13. The minimum absolute atomic E-state index is 0.0503. The molecule has 0 unspecified atom stereocenters.